The average Bonchev–Trinajstić information content (AvgIpc) is 2.38. The van der Waals surface area contributed by atoms with Crippen LogP contribution in [-0.4, -0.2) is 14.1 Å². The van der Waals surface area contributed by atoms with E-state index in [-0.39, 0.29) is 4.90 Å². The smallest absolute Gasteiger partial charge is 0.200 e. The predicted octanol–water partition coefficient (Wildman–Crippen LogP) is 2.92. The molecule has 0 atom stereocenters. The molecule has 0 aliphatic heterocycles. The van der Waals surface area contributed by atoms with Crippen molar-refractivity contribution in [2.75, 3.05) is 0 Å². The Morgan fingerprint density at radius 1 is 1.11 bits per heavy atom. The molecule has 0 saturated carbocycles. The Balaban J connectivity index is 2.80. The van der Waals surface area contributed by atoms with Gasteiger partial charge in [-0.05, 0) is 25.0 Å². The van der Waals surface area contributed by atoms with Gasteiger partial charge in [-0.3, -0.25) is 0 Å². The molecule has 0 aromatic heterocycles. The third-order valence-corrected chi connectivity index (χ3v) is 3.68. The van der Waals surface area contributed by atoms with Crippen molar-refractivity contribution in [1.82, 2.24) is 4.83 Å². The molecule has 0 amide bonds. The first-order chi connectivity index (χ1) is 8.60. The third kappa shape index (κ3) is 4.49. The van der Waals surface area contributed by atoms with Crippen LogP contribution in [0.5, 0.6) is 0 Å². The van der Waals surface area contributed by atoms with Crippen LogP contribution >= 0.6 is 0 Å². The molecule has 0 heterocycles. The summed E-state index contributed by atoms with van der Waals surface area (Å²) in [6.45, 7) is 4.10. The van der Waals surface area contributed by atoms with Gasteiger partial charge in [0.1, 0.15) is 0 Å². The fourth-order valence-corrected chi connectivity index (χ4v) is 2.46. The van der Waals surface area contributed by atoms with E-state index in [0.717, 1.165) is 31.4 Å². The van der Waals surface area contributed by atoms with Crippen molar-refractivity contribution in [3.63, 3.8) is 0 Å². The summed E-state index contributed by atoms with van der Waals surface area (Å²) in [6, 6.07) is 8.27. The summed E-state index contributed by atoms with van der Waals surface area (Å²) >= 11 is 0. The summed E-state index contributed by atoms with van der Waals surface area (Å²) in [7, 11) is -3.53. The van der Waals surface area contributed by atoms with Crippen LogP contribution in [0.1, 0.15) is 39.5 Å². The van der Waals surface area contributed by atoms with Crippen molar-refractivity contribution in [2.45, 2.75) is 44.4 Å². The number of hydrogen-bond donors (Lipinski definition) is 1. The lowest BCUT2D eigenvalue weighted by Gasteiger charge is -2.06. The molecule has 18 heavy (non-hydrogen) atoms. The first-order valence-corrected chi connectivity index (χ1v) is 7.70. The van der Waals surface area contributed by atoms with Gasteiger partial charge in [-0.25, -0.2) is 4.83 Å². The van der Waals surface area contributed by atoms with Crippen LogP contribution in [0.4, 0.5) is 0 Å². The number of rotatable bonds is 7. The summed E-state index contributed by atoms with van der Waals surface area (Å²) in [6.07, 6.45) is 3.58. The van der Waals surface area contributed by atoms with Gasteiger partial charge in [0.05, 0.1) is 4.90 Å². The van der Waals surface area contributed by atoms with Crippen molar-refractivity contribution >= 4 is 15.7 Å². The van der Waals surface area contributed by atoms with Crippen LogP contribution in [0.2, 0.25) is 0 Å². The van der Waals surface area contributed by atoms with Gasteiger partial charge < -0.3 is 0 Å². The summed E-state index contributed by atoms with van der Waals surface area (Å²) in [4.78, 5) is 2.54. The van der Waals surface area contributed by atoms with E-state index >= 15 is 0 Å². The van der Waals surface area contributed by atoms with Gasteiger partial charge in [-0.1, -0.05) is 44.9 Å². The number of sulfonamides is 1. The Morgan fingerprint density at radius 3 is 2.17 bits per heavy atom. The maximum atomic E-state index is 11.9. The normalized spacial score (nSPS) is 11.0. The number of hydrogen-bond acceptors (Lipinski definition) is 3. The van der Waals surface area contributed by atoms with Crippen LogP contribution < -0.4 is 4.83 Å². The van der Waals surface area contributed by atoms with Crippen LogP contribution in [0.25, 0.3) is 0 Å². The second-order valence-electron chi connectivity index (χ2n) is 4.09. The molecule has 0 unspecified atom stereocenters. The van der Waals surface area contributed by atoms with Crippen molar-refractivity contribution in [3.8, 4) is 0 Å². The van der Waals surface area contributed by atoms with Gasteiger partial charge in [0.15, 0.2) is 0 Å². The van der Waals surface area contributed by atoms with Crippen LogP contribution in [0.3, 0.4) is 0 Å². The van der Waals surface area contributed by atoms with Gasteiger partial charge in [0.25, 0.3) is 10.0 Å². The Bertz CT molecular complexity index is 473. The van der Waals surface area contributed by atoms with Crippen LogP contribution in [0.15, 0.2) is 40.3 Å². The van der Waals surface area contributed by atoms with E-state index < -0.39 is 10.0 Å². The average molecular weight is 268 g/mol. The first kappa shape index (κ1) is 14.7. The monoisotopic (exact) mass is 268 g/mol. The Labute approximate surface area is 109 Å². The summed E-state index contributed by atoms with van der Waals surface area (Å²) in [5.74, 6) is 0. The highest BCUT2D eigenvalue weighted by atomic mass is 32.2. The zero-order valence-corrected chi connectivity index (χ0v) is 11.7. The number of nitrogens with zero attached hydrogens (tertiary/aromatic N) is 1. The van der Waals surface area contributed by atoms with E-state index in [0.29, 0.717) is 0 Å². The Kier molecular flexibility index (Phi) is 5.85. The number of benzene rings is 1. The molecule has 0 aliphatic carbocycles. The van der Waals surface area contributed by atoms with Gasteiger partial charge in [-0.15, -0.1) is 0 Å². The van der Waals surface area contributed by atoms with Crippen molar-refractivity contribution in [3.05, 3.63) is 30.3 Å². The molecule has 0 saturated heterocycles. The molecule has 1 rings (SSSR count). The molecular formula is C13H20N2O2S. The Morgan fingerprint density at radius 2 is 1.67 bits per heavy atom. The molecule has 0 fully saturated rings. The molecule has 1 aromatic rings. The second kappa shape index (κ2) is 7.16. The van der Waals surface area contributed by atoms with Gasteiger partial charge in [0.2, 0.25) is 0 Å². The standard InChI is InChI=1S/C13H20N2O2S/c1-3-8-12(9-4-2)14-15-18(16,17)13-10-6-5-7-11-13/h5-7,10-11,15H,3-4,8-9H2,1-2H3. The lowest BCUT2D eigenvalue weighted by atomic mass is 10.1. The lowest BCUT2D eigenvalue weighted by Crippen LogP contribution is -2.20. The van der Waals surface area contributed by atoms with Crippen LogP contribution in [-0.2, 0) is 10.0 Å². The maximum Gasteiger partial charge on any atom is 0.276 e. The zero-order valence-electron chi connectivity index (χ0n) is 10.9. The molecule has 0 radical (unpaired) electrons. The van der Waals surface area contributed by atoms with Crippen molar-refractivity contribution < 1.29 is 8.42 Å². The molecule has 0 bridgehead atoms. The molecule has 1 aromatic carbocycles. The van der Waals surface area contributed by atoms with Crippen molar-refractivity contribution in [1.29, 1.82) is 0 Å². The van der Waals surface area contributed by atoms with E-state index in [9.17, 15) is 8.42 Å². The maximum absolute atomic E-state index is 11.9. The largest absolute Gasteiger partial charge is 0.276 e. The SMILES string of the molecule is CCCC(CCC)=NNS(=O)(=O)c1ccccc1. The van der Waals surface area contributed by atoms with Crippen molar-refractivity contribution in [2.24, 2.45) is 5.10 Å². The van der Waals surface area contributed by atoms with E-state index in [2.05, 4.69) is 23.8 Å². The van der Waals surface area contributed by atoms with Crippen LogP contribution in [0, 0.1) is 0 Å². The Hall–Kier alpha value is -1.36. The number of nitrogens with one attached hydrogen (secondary N) is 1. The fraction of sp³-hybridized carbons (Fsp3) is 0.462. The van der Waals surface area contributed by atoms with E-state index in [4.69, 9.17) is 0 Å². The summed E-state index contributed by atoms with van der Waals surface area (Å²) in [5, 5.41) is 4.03. The highest BCUT2D eigenvalue weighted by molar-refractivity contribution is 7.89. The molecule has 1 N–H and O–H groups in total. The quantitative estimate of drug-likeness (QED) is 0.610. The second-order valence-corrected chi connectivity index (χ2v) is 5.75. The van der Waals surface area contributed by atoms with Gasteiger partial charge in [-0.2, -0.15) is 13.5 Å². The van der Waals surface area contributed by atoms with E-state index in [1.54, 1.807) is 30.3 Å². The topological polar surface area (TPSA) is 58.5 Å². The van der Waals surface area contributed by atoms with E-state index in [1.807, 2.05) is 0 Å². The molecule has 4 nitrogen and oxygen atoms in total. The minimum absolute atomic E-state index is 0.237. The van der Waals surface area contributed by atoms with E-state index in [1.165, 1.54) is 0 Å². The fourth-order valence-electron chi connectivity index (χ4n) is 1.59. The number of hydrazone groups is 1. The molecule has 100 valence electrons. The first-order valence-electron chi connectivity index (χ1n) is 6.22. The van der Waals surface area contributed by atoms with Gasteiger partial charge in [0, 0.05) is 5.71 Å². The molecule has 0 aliphatic rings. The predicted molar refractivity (Wildman–Crippen MR) is 74.0 cm³/mol. The molecule has 0 spiro atoms. The zero-order chi connectivity index (χ0) is 13.4. The minimum atomic E-state index is -3.53. The van der Waals surface area contributed by atoms with Gasteiger partial charge >= 0.3 is 0 Å². The molecular weight excluding hydrogens is 248 g/mol. The highest BCUT2D eigenvalue weighted by Gasteiger charge is 2.11. The minimum Gasteiger partial charge on any atom is -0.200 e. The molecule has 5 heteroatoms. The summed E-state index contributed by atoms with van der Waals surface area (Å²) in [5.41, 5.74) is 0.902. The summed E-state index contributed by atoms with van der Waals surface area (Å²) < 4.78 is 23.9. The third-order valence-electron chi connectivity index (χ3n) is 2.45. The highest BCUT2D eigenvalue weighted by Crippen LogP contribution is 2.07. The lowest BCUT2D eigenvalue weighted by molar-refractivity contribution is 0.584.